The van der Waals surface area contributed by atoms with E-state index in [9.17, 15) is 4.79 Å². The van der Waals surface area contributed by atoms with Crippen molar-refractivity contribution in [2.24, 2.45) is 0 Å². The smallest absolute Gasteiger partial charge is 0.277 e. The maximum atomic E-state index is 12.5. The lowest BCUT2D eigenvalue weighted by atomic mass is 10.0. The van der Waals surface area contributed by atoms with E-state index in [2.05, 4.69) is 44.2 Å². The van der Waals surface area contributed by atoms with Crippen molar-refractivity contribution in [3.63, 3.8) is 0 Å². The lowest BCUT2D eigenvalue weighted by Crippen LogP contribution is -2.33. The molecule has 0 fully saturated rings. The van der Waals surface area contributed by atoms with Crippen molar-refractivity contribution in [3.8, 4) is 0 Å². The Kier molecular flexibility index (Phi) is 3.87. The third-order valence-electron chi connectivity index (χ3n) is 5.51. The summed E-state index contributed by atoms with van der Waals surface area (Å²) < 4.78 is 1.81. The first kappa shape index (κ1) is 16.6. The second kappa shape index (κ2) is 6.28. The monoisotopic (exact) mass is 379 g/mol. The van der Waals surface area contributed by atoms with Gasteiger partial charge in [0.15, 0.2) is 0 Å². The van der Waals surface area contributed by atoms with Crippen molar-refractivity contribution in [1.29, 1.82) is 0 Å². The standard InChI is InChI=1S/C20H21N5OS/c1-12-14(19(26)22-20-25(12)23-13(2)27-20)7-9-24-10-8-18-16(11-24)15-5-3-4-6-17(15)21-18/h3-6,21H,7-11H2,1-2H3. The lowest BCUT2D eigenvalue weighted by molar-refractivity contribution is 0.257. The van der Waals surface area contributed by atoms with Crippen LogP contribution in [0.25, 0.3) is 15.9 Å². The van der Waals surface area contributed by atoms with Gasteiger partial charge in [-0.1, -0.05) is 29.5 Å². The van der Waals surface area contributed by atoms with Crippen LogP contribution in [0.2, 0.25) is 0 Å². The van der Waals surface area contributed by atoms with Crippen LogP contribution in [0, 0.1) is 13.8 Å². The molecule has 1 aromatic carbocycles. The van der Waals surface area contributed by atoms with Crippen LogP contribution in [-0.4, -0.2) is 37.6 Å². The van der Waals surface area contributed by atoms with Crippen molar-refractivity contribution >= 4 is 27.2 Å². The molecule has 3 aromatic heterocycles. The molecule has 0 bridgehead atoms. The van der Waals surface area contributed by atoms with Gasteiger partial charge in [0.05, 0.1) is 5.69 Å². The summed E-state index contributed by atoms with van der Waals surface area (Å²) in [5, 5.41) is 6.72. The molecule has 0 saturated heterocycles. The second-order valence-corrected chi connectivity index (χ2v) is 8.36. The molecule has 5 rings (SSSR count). The van der Waals surface area contributed by atoms with Crippen LogP contribution in [0.4, 0.5) is 0 Å². The van der Waals surface area contributed by atoms with Crippen LogP contribution in [0.3, 0.4) is 0 Å². The lowest BCUT2D eigenvalue weighted by Gasteiger charge is -2.27. The predicted octanol–water partition coefficient (Wildman–Crippen LogP) is 2.85. The molecular weight excluding hydrogens is 358 g/mol. The predicted molar refractivity (Wildman–Crippen MR) is 108 cm³/mol. The fourth-order valence-corrected chi connectivity index (χ4v) is 4.86. The van der Waals surface area contributed by atoms with Gasteiger partial charge in [-0.15, -0.1) is 0 Å². The summed E-state index contributed by atoms with van der Waals surface area (Å²) in [6.45, 7) is 6.69. The van der Waals surface area contributed by atoms with Crippen molar-refractivity contribution in [1.82, 2.24) is 24.5 Å². The summed E-state index contributed by atoms with van der Waals surface area (Å²) in [6, 6.07) is 8.49. The Morgan fingerprint density at radius 2 is 2.11 bits per heavy atom. The summed E-state index contributed by atoms with van der Waals surface area (Å²) in [5.41, 5.74) is 5.55. The van der Waals surface area contributed by atoms with Gasteiger partial charge in [0.1, 0.15) is 5.01 Å². The van der Waals surface area contributed by atoms with Crippen LogP contribution in [-0.2, 0) is 19.4 Å². The van der Waals surface area contributed by atoms with Crippen LogP contribution in [0.15, 0.2) is 29.1 Å². The molecule has 6 nitrogen and oxygen atoms in total. The normalized spacial score (nSPS) is 14.9. The van der Waals surface area contributed by atoms with E-state index >= 15 is 0 Å². The van der Waals surface area contributed by atoms with E-state index in [-0.39, 0.29) is 5.56 Å². The number of para-hydroxylation sites is 1. The number of aromatic nitrogens is 4. The Labute approximate surface area is 160 Å². The molecule has 0 atom stereocenters. The van der Waals surface area contributed by atoms with Gasteiger partial charge in [0, 0.05) is 48.2 Å². The molecule has 0 amide bonds. The van der Waals surface area contributed by atoms with Crippen LogP contribution < -0.4 is 5.56 Å². The minimum atomic E-state index is -0.110. The summed E-state index contributed by atoms with van der Waals surface area (Å²) >= 11 is 1.46. The van der Waals surface area contributed by atoms with Crippen LogP contribution in [0.5, 0.6) is 0 Å². The van der Waals surface area contributed by atoms with Crippen molar-refractivity contribution in [2.45, 2.75) is 33.2 Å². The van der Waals surface area contributed by atoms with Crippen molar-refractivity contribution in [3.05, 3.63) is 62.1 Å². The molecule has 0 spiro atoms. The van der Waals surface area contributed by atoms with Gasteiger partial charge in [0.25, 0.3) is 5.56 Å². The zero-order valence-electron chi connectivity index (χ0n) is 15.5. The minimum Gasteiger partial charge on any atom is -0.358 e. The number of rotatable bonds is 3. The van der Waals surface area contributed by atoms with Gasteiger partial charge in [-0.25, -0.2) is 4.52 Å². The minimum absolute atomic E-state index is 0.110. The summed E-state index contributed by atoms with van der Waals surface area (Å²) in [7, 11) is 0. The molecule has 0 saturated carbocycles. The molecule has 1 aliphatic heterocycles. The number of H-pyrrole nitrogens is 1. The summed E-state index contributed by atoms with van der Waals surface area (Å²) in [4.78, 5) is 23.4. The number of aromatic amines is 1. The maximum Gasteiger partial charge on any atom is 0.277 e. The first-order chi connectivity index (χ1) is 13.1. The average Bonchev–Trinajstić information content (AvgIpc) is 3.21. The van der Waals surface area contributed by atoms with Gasteiger partial charge in [0.2, 0.25) is 4.96 Å². The Morgan fingerprint density at radius 1 is 1.26 bits per heavy atom. The van der Waals surface area contributed by atoms with E-state index in [4.69, 9.17) is 0 Å². The highest BCUT2D eigenvalue weighted by molar-refractivity contribution is 7.16. The Morgan fingerprint density at radius 3 is 3.00 bits per heavy atom. The second-order valence-electron chi connectivity index (χ2n) is 7.20. The highest BCUT2D eigenvalue weighted by atomic mass is 32.1. The van der Waals surface area contributed by atoms with Crippen molar-refractivity contribution in [2.75, 3.05) is 13.1 Å². The van der Waals surface area contributed by atoms with E-state index in [1.165, 1.54) is 33.5 Å². The molecule has 4 aromatic rings. The SMILES string of the molecule is Cc1nn2c(C)c(CCN3CCc4[nH]c5ccccc5c4C3)c(=O)nc2s1. The molecule has 4 heterocycles. The van der Waals surface area contributed by atoms with E-state index < -0.39 is 0 Å². The summed E-state index contributed by atoms with van der Waals surface area (Å²) in [5.74, 6) is 0. The van der Waals surface area contributed by atoms with Gasteiger partial charge in [-0.2, -0.15) is 10.1 Å². The molecule has 7 heteroatoms. The first-order valence-corrected chi connectivity index (χ1v) is 10.1. The number of hydrogen-bond acceptors (Lipinski definition) is 5. The fraction of sp³-hybridized carbons (Fsp3) is 0.350. The number of aryl methyl sites for hydroxylation is 2. The van der Waals surface area contributed by atoms with Crippen LogP contribution in [0.1, 0.15) is 27.5 Å². The molecule has 1 N–H and O–H groups in total. The largest absolute Gasteiger partial charge is 0.358 e. The summed E-state index contributed by atoms with van der Waals surface area (Å²) in [6.07, 6.45) is 1.72. The maximum absolute atomic E-state index is 12.5. The zero-order chi connectivity index (χ0) is 18.5. The molecule has 138 valence electrons. The molecule has 0 radical (unpaired) electrons. The third-order valence-corrected chi connectivity index (χ3v) is 6.33. The third kappa shape index (κ3) is 2.78. The quantitative estimate of drug-likeness (QED) is 0.594. The number of benzene rings is 1. The van der Waals surface area contributed by atoms with E-state index in [0.717, 1.165) is 42.3 Å². The molecule has 27 heavy (non-hydrogen) atoms. The molecule has 0 unspecified atom stereocenters. The topological polar surface area (TPSA) is 66.3 Å². The molecular formula is C20H21N5OS. The van der Waals surface area contributed by atoms with Gasteiger partial charge in [-0.05, 0) is 31.9 Å². The Bertz CT molecular complexity index is 1220. The molecule has 0 aliphatic carbocycles. The number of nitrogens with one attached hydrogen (secondary N) is 1. The highest BCUT2D eigenvalue weighted by Crippen LogP contribution is 2.27. The highest BCUT2D eigenvalue weighted by Gasteiger charge is 2.21. The average molecular weight is 379 g/mol. The van der Waals surface area contributed by atoms with Gasteiger partial charge < -0.3 is 4.98 Å². The van der Waals surface area contributed by atoms with E-state index in [1.807, 2.05) is 18.4 Å². The molecule has 1 aliphatic rings. The van der Waals surface area contributed by atoms with Crippen LogP contribution >= 0.6 is 11.3 Å². The van der Waals surface area contributed by atoms with Gasteiger partial charge >= 0.3 is 0 Å². The first-order valence-electron chi connectivity index (χ1n) is 9.27. The zero-order valence-corrected chi connectivity index (χ0v) is 16.3. The van der Waals surface area contributed by atoms with E-state index in [0.29, 0.717) is 11.4 Å². The number of hydrogen-bond donors (Lipinski definition) is 1. The van der Waals surface area contributed by atoms with Gasteiger partial charge in [-0.3, -0.25) is 9.69 Å². The number of nitrogens with zero attached hydrogens (tertiary/aromatic N) is 4. The van der Waals surface area contributed by atoms with Crippen molar-refractivity contribution < 1.29 is 0 Å². The number of fused-ring (bicyclic) bond motifs is 4. The Hall–Kier alpha value is -2.51. The fourth-order valence-electron chi connectivity index (χ4n) is 4.08. The van der Waals surface area contributed by atoms with E-state index in [1.54, 1.807) is 0 Å². The Balaban J connectivity index is 1.39.